The summed E-state index contributed by atoms with van der Waals surface area (Å²) >= 11 is 0. The fraction of sp³-hybridized carbons (Fsp3) is 0.310. The molecule has 8 heteroatoms. The van der Waals surface area contributed by atoms with Crippen molar-refractivity contribution in [2.45, 2.75) is 45.2 Å². The van der Waals surface area contributed by atoms with Gasteiger partial charge in [0, 0.05) is 17.8 Å². The Hall–Kier alpha value is -4.20. The van der Waals surface area contributed by atoms with Crippen LogP contribution in [0.5, 0.6) is 0 Å². The largest absolute Gasteiger partial charge is 0.500 e. The van der Waals surface area contributed by atoms with Gasteiger partial charge in [-0.05, 0) is 52.0 Å². The van der Waals surface area contributed by atoms with Crippen molar-refractivity contribution in [3.63, 3.8) is 0 Å². The van der Waals surface area contributed by atoms with Gasteiger partial charge in [-0.1, -0.05) is 36.4 Å². The highest BCUT2D eigenvalue weighted by Crippen LogP contribution is 2.36. The van der Waals surface area contributed by atoms with Crippen LogP contribution in [0.3, 0.4) is 0 Å². The number of nitrogens with zero attached hydrogens (tertiary/aromatic N) is 2. The highest BCUT2D eigenvalue weighted by Gasteiger charge is 2.51. The first-order valence-corrected chi connectivity index (χ1v) is 12.1. The fourth-order valence-corrected chi connectivity index (χ4v) is 4.56. The molecule has 0 atom stereocenters. The molecule has 2 amide bonds. The van der Waals surface area contributed by atoms with E-state index >= 15 is 0 Å². The van der Waals surface area contributed by atoms with Crippen LogP contribution in [0.15, 0.2) is 84.3 Å². The highest BCUT2D eigenvalue weighted by molar-refractivity contribution is 6.35. The Morgan fingerprint density at radius 2 is 0.973 bits per heavy atom. The molecular formula is C29H30N2O6. The zero-order chi connectivity index (χ0) is 26.8. The first-order valence-electron chi connectivity index (χ1n) is 12.1. The molecule has 2 heterocycles. The highest BCUT2D eigenvalue weighted by atomic mass is 16.5. The number of benzene rings is 2. The Bertz CT molecular complexity index is 1180. The van der Waals surface area contributed by atoms with Crippen molar-refractivity contribution in [1.82, 2.24) is 0 Å². The average Bonchev–Trinajstić information content (AvgIpc) is 3.15. The van der Waals surface area contributed by atoms with Gasteiger partial charge in [-0.25, -0.2) is 0 Å². The number of hydrogen-bond donors (Lipinski definition) is 0. The number of carbonyl (C=O) groups is 4. The number of Topliss-reactive ketones (excluding diaryl/α,β-unsaturated/α-hetero) is 2. The Labute approximate surface area is 216 Å². The minimum atomic E-state index is -1.02. The normalized spacial score (nSPS) is 20.9. The summed E-state index contributed by atoms with van der Waals surface area (Å²) in [4.78, 5) is 54.6. The Morgan fingerprint density at radius 3 is 1.32 bits per heavy atom. The quantitative estimate of drug-likeness (QED) is 0.235. The Morgan fingerprint density at radius 1 is 0.622 bits per heavy atom. The van der Waals surface area contributed by atoms with Crippen LogP contribution in [0.2, 0.25) is 0 Å². The third kappa shape index (κ3) is 4.67. The van der Waals surface area contributed by atoms with Crippen molar-refractivity contribution in [2.24, 2.45) is 0 Å². The summed E-state index contributed by atoms with van der Waals surface area (Å²) in [5, 5.41) is 0. The zero-order valence-corrected chi connectivity index (χ0v) is 21.4. The lowest BCUT2D eigenvalue weighted by atomic mass is 9.98. The average molecular weight is 503 g/mol. The maximum atomic E-state index is 12.9. The van der Waals surface area contributed by atoms with Crippen LogP contribution in [0, 0.1) is 0 Å². The molecule has 0 aliphatic carbocycles. The van der Waals surface area contributed by atoms with Gasteiger partial charge >= 0.3 is 0 Å². The van der Waals surface area contributed by atoms with Gasteiger partial charge in [-0.15, -0.1) is 0 Å². The Kier molecular flexibility index (Phi) is 7.03. The Balaban J connectivity index is 1.32. The summed E-state index contributed by atoms with van der Waals surface area (Å²) in [5.41, 5.74) is -0.791. The number of rotatable bonds is 8. The second-order valence-electron chi connectivity index (χ2n) is 9.89. The lowest BCUT2D eigenvalue weighted by molar-refractivity contribution is -0.119. The number of ether oxygens (including phenoxy) is 2. The predicted octanol–water partition coefficient (Wildman–Crippen LogP) is 3.97. The van der Waals surface area contributed by atoms with E-state index in [1.807, 2.05) is 36.4 Å². The van der Waals surface area contributed by atoms with E-state index in [1.54, 1.807) is 52.0 Å². The van der Waals surface area contributed by atoms with Gasteiger partial charge in [0.2, 0.25) is 0 Å². The number of anilines is 2. The maximum absolute atomic E-state index is 12.9. The summed E-state index contributed by atoms with van der Waals surface area (Å²) in [6.07, 6.45) is 2.83. The van der Waals surface area contributed by atoms with Gasteiger partial charge in [0.25, 0.3) is 11.8 Å². The van der Waals surface area contributed by atoms with E-state index < -0.39 is 22.9 Å². The molecule has 2 aliphatic heterocycles. The van der Waals surface area contributed by atoms with Crippen molar-refractivity contribution >= 4 is 34.8 Å². The molecule has 0 unspecified atom stereocenters. The number of amides is 2. The molecule has 4 rings (SSSR count). The van der Waals surface area contributed by atoms with Crippen LogP contribution >= 0.6 is 0 Å². The molecule has 2 aromatic carbocycles. The summed E-state index contributed by atoms with van der Waals surface area (Å²) in [5.74, 6) is -1.45. The van der Waals surface area contributed by atoms with Gasteiger partial charge in [0.05, 0.1) is 25.7 Å². The molecular weight excluding hydrogens is 472 g/mol. The number of hydrogen-bond acceptors (Lipinski definition) is 6. The SMILES string of the molecule is CC1(C)C(=O)C(=COCCCOC=C2C(=O)N(c3ccccc3)C(C)(C)C2=O)C(=O)N1c1ccccc1. The summed E-state index contributed by atoms with van der Waals surface area (Å²) in [6.45, 7) is 7.18. The van der Waals surface area contributed by atoms with Gasteiger partial charge in [-0.2, -0.15) is 0 Å². The topological polar surface area (TPSA) is 93.2 Å². The molecule has 8 nitrogen and oxygen atoms in total. The van der Waals surface area contributed by atoms with Gasteiger partial charge in [0.15, 0.2) is 11.6 Å². The van der Waals surface area contributed by atoms with E-state index in [1.165, 1.54) is 22.3 Å². The van der Waals surface area contributed by atoms with E-state index in [-0.39, 0.29) is 35.9 Å². The molecule has 0 N–H and O–H groups in total. The summed E-state index contributed by atoms with van der Waals surface area (Å²) in [6, 6.07) is 18.0. The van der Waals surface area contributed by atoms with Crippen LogP contribution in [0.1, 0.15) is 34.1 Å². The third-order valence-corrected chi connectivity index (χ3v) is 6.54. The minimum Gasteiger partial charge on any atom is -0.500 e. The van der Waals surface area contributed by atoms with Crippen molar-refractivity contribution in [3.8, 4) is 0 Å². The maximum Gasteiger partial charge on any atom is 0.266 e. The van der Waals surface area contributed by atoms with Crippen molar-refractivity contribution in [2.75, 3.05) is 23.0 Å². The van der Waals surface area contributed by atoms with E-state index in [0.29, 0.717) is 17.8 Å². The van der Waals surface area contributed by atoms with E-state index in [0.717, 1.165) is 0 Å². The second kappa shape index (κ2) is 10.0. The predicted molar refractivity (Wildman–Crippen MR) is 139 cm³/mol. The van der Waals surface area contributed by atoms with Crippen molar-refractivity contribution in [3.05, 3.63) is 84.3 Å². The molecule has 2 aromatic rings. The number of carbonyl (C=O) groups excluding carboxylic acids is 4. The lowest BCUT2D eigenvalue weighted by Gasteiger charge is -2.29. The molecule has 2 aliphatic rings. The van der Waals surface area contributed by atoms with Crippen LogP contribution in [-0.2, 0) is 28.7 Å². The molecule has 0 radical (unpaired) electrons. The molecule has 0 bridgehead atoms. The molecule has 37 heavy (non-hydrogen) atoms. The zero-order valence-electron chi connectivity index (χ0n) is 21.4. The number of para-hydroxylation sites is 2. The van der Waals surface area contributed by atoms with Crippen LogP contribution < -0.4 is 9.80 Å². The van der Waals surface area contributed by atoms with Gasteiger partial charge in [0.1, 0.15) is 22.2 Å². The van der Waals surface area contributed by atoms with E-state index in [4.69, 9.17) is 9.47 Å². The lowest BCUT2D eigenvalue weighted by Crippen LogP contribution is -2.44. The smallest absolute Gasteiger partial charge is 0.266 e. The summed E-state index contributed by atoms with van der Waals surface area (Å²) in [7, 11) is 0. The molecule has 192 valence electrons. The molecule has 0 aromatic heterocycles. The first kappa shape index (κ1) is 25.9. The van der Waals surface area contributed by atoms with Crippen molar-refractivity contribution < 1.29 is 28.7 Å². The van der Waals surface area contributed by atoms with E-state index in [2.05, 4.69) is 0 Å². The van der Waals surface area contributed by atoms with Crippen LogP contribution in [0.4, 0.5) is 11.4 Å². The fourth-order valence-electron chi connectivity index (χ4n) is 4.56. The van der Waals surface area contributed by atoms with Crippen molar-refractivity contribution in [1.29, 1.82) is 0 Å². The standard InChI is InChI=1S/C29H30N2O6/c1-28(2)24(32)22(26(34)30(28)20-12-7-5-8-13-20)18-36-16-11-17-37-19-23-25(33)29(3,4)31(27(23)35)21-14-9-6-10-15-21/h5-10,12-15,18-19H,11,16-17H2,1-4H3. The molecule has 0 spiro atoms. The molecule has 2 saturated heterocycles. The minimum absolute atomic E-state index is 0.0118. The van der Waals surface area contributed by atoms with Gasteiger partial charge in [-0.3, -0.25) is 29.0 Å². The third-order valence-electron chi connectivity index (χ3n) is 6.54. The first-order chi connectivity index (χ1) is 17.6. The van der Waals surface area contributed by atoms with Gasteiger partial charge < -0.3 is 9.47 Å². The monoisotopic (exact) mass is 502 g/mol. The second-order valence-corrected chi connectivity index (χ2v) is 9.89. The number of ketones is 2. The van der Waals surface area contributed by atoms with Crippen LogP contribution in [-0.4, -0.2) is 47.7 Å². The van der Waals surface area contributed by atoms with E-state index in [9.17, 15) is 19.2 Å². The van der Waals surface area contributed by atoms with Crippen LogP contribution in [0.25, 0.3) is 0 Å². The summed E-state index contributed by atoms with van der Waals surface area (Å²) < 4.78 is 11.0. The molecule has 0 saturated carbocycles. The molecule has 2 fully saturated rings.